The van der Waals surface area contributed by atoms with Crippen LogP contribution in [0, 0.1) is 0 Å². The van der Waals surface area contributed by atoms with Crippen LogP contribution < -0.4 is 5.32 Å². The van der Waals surface area contributed by atoms with Crippen molar-refractivity contribution in [3.8, 4) is 0 Å². The molecule has 1 N–H and O–H groups in total. The average Bonchev–Trinajstić information content (AvgIpc) is 2.56. The van der Waals surface area contributed by atoms with E-state index < -0.39 is 0 Å². The summed E-state index contributed by atoms with van der Waals surface area (Å²) in [6.45, 7) is 8.29. The summed E-state index contributed by atoms with van der Waals surface area (Å²) in [5.74, 6) is 0.310. The molecule has 1 heterocycles. The Kier molecular flexibility index (Phi) is 5.81. The molecule has 1 atom stereocenters. The molecule has 0 aliphatic carbocycles. The number of nitrogens with zero attached hydrogens (tertiary/aromatic N) is 1. The van der Waals surface area contributed by atoms with Crippen molar-refractivity contribution >= 4 is 5.91 Å². The predicted molar refractivity (Wildman–Crippen MR) is 67.4 cm³/mol. The standard InChI is InChI=1S/C13H26N2O/c1-4-5-6-7-9-15-10-8-12(13(15)16)14-11(2)3/h11-12,14H,4-10H2,1-3H3. The van der Waals surface area contributed by atoms with Gasteiger partial charge < -0.3 is 10.2 Å². The quantitative estimate of drug-likeness (QED) is 0.675. The summed E-state index contributed by atoms with van der Waals surface area (Å²) >= 11 is 0. The van der Waals surface area contributed by atoms with E-state index in [1.54, 1.807) is 0 Å². The Labute approximate surface area is 99.6 Å². The maximum Gasteiger partial charge on any atom is 0.239 e. The molecule has 0 aromatic heterocycles. The molecule has 1 rings (SSSR count). The number of hydrogen-bond acceptors (Lipinski definition) is 2. The Bertz CT molecular complexity index is 216. The van der Waals surface area contributed by atoms with Crippen molar-refractivity contribution in [1.29, 1.82) is 0 Å². The lowest BCUT2D eigenvalue weighted by Crippen LogP contribution is -2.41. The van der Waals surface area contributed by atoms with Crippen molar-refractivity contribution in [3.63, 3.8) is 0 Å². The second kappa shape index (κ2) is 6.89. The molecule has 94 valence electrons. The Morgan fingerprint density at radius 3 is 2.75 bits per heavy atom. The number of unbranched alkanes of at least 4 members (excludes halogenated alkanes) is 3. The molecule has 1 fully saturated rings. The van der Waals surface area contributed by atoms with Gasteiger partial charge in [0.15, 0.2) is 0 Å². The molecular formula is C13H26N2O. The fraction of sp³-hybridized carbons (Fsp3) is 0.923. The van der Waals surface area contributed by atoms with Crippen molar-refractivity contribution < 1.29 is 4.79 Å². The lowest BCUT2D eigenvalue weighted by Gasteiger charge is -2.18. The highest BCUT2D eigenvalue weighted by atomic mass is 16.2. The highest BCUT2D eigenvalue weighted by molar-refractivity contribution is 5.83. The molecule has 0 aromatic carbocycles. The molecule has 0 radical (unpaired) electrons. The third-order valence-corrected chi connectivity index (χ3v) is 3.11. The molecule has 0 saturated carbocycles. The summed E-state index contributed by atoms with van der Waals surface area (Å²) in [6.07, 6.45) is 5.93. The molecule has 0 spiro atoms. The number of nitrogens with one attached hydrogen (secondary N) is 1. The zero-order valence-electron chi connectivity index (χ0n) is 11.0. The minimum Gasteiger partial charge on any atom is -0.341 e. The third-order valence-electron chi connectivity index (χ3n) is 3.11. The van der Waals surface area contributed by atoms with E-state index in [-0.39, 0.29) is 6.04 Å². The van der Waals surface area contributed by atoms with Crippen LogP contribution in [0.25, 0.3) is 0 Å². The Morgan fingerprint density at radius 2 is 2.12 bits per heavy atom. The molecule has 1 saturated heterocycles. The van der Waals surface area contributed by atoms with Gasteiger partial charge in [-0.1, -0.05) is 40.0 Å². The summed E-state index contributed by atoms with van der Waals surface area (Å²) in [7, 11) is 0. The van der Waals surface area contributed by atoms with Gasteiger partial charge in [0, 0.05) is 19.1 Å². The second-order valence-electron chi connectivity index (χ2n) is 5.05. The topological polar surface area (TPSA) is 32.3 Å². The maximum absolute atomic E-state index is 12.0. The minimum atomic E-state index is 0.0752. The zero-order chi connectivity index (χ0) is 12.0. The van der Waals surface area contributed by atoms with Crippen LogP contribution in [0.1, 0.15) is 52.9 Å². The molecule has 3 nitrogen and oxygen atoms in total. The number of amides is 1. The van der Waals surface area contributed by atoms with E-state index in [0.29, 0.717) is 11.9 Å². The zero-order valence-corrected chi connectivity index (χ0v) is 11.0. The summed E-state index contributed by atoms with van der Waals surface area (Å²) in [5, 5.41) is 3.33. The van der Waals surface area contributed by atoms with Crippen molar-refractivity contribution in [2.75, 3.05) is 13.1 Å². The van der Waals surface area contributed by atoms with Crippen LogP contribution in [0.4, 0.5) is 0 Å². The first kappa shape index (κ1) is 13.5. The highest BCUT2D eigenvalue weighted by Gasteiger charge is 2.30. The largest absolute Gasteiger partial charge is 0.341 e. The first-order chi connectivity index (χ1) is 7.65. The van der Waals surface area contributed by atoms with Gasteiger partial charge in [-0.2, -0.15) is 0 Å². The molecule has 16 heavy (non-hydrogen) atoms. The number of carbonyl (C=O) groups is 1. The molecular weight excluding hydrogens is 200 g/mol. The predicted octanol–water partition coefficient (Wildman–Crippen LogP) is 2.17. The van der Waals surface area contributed by atoms with Crippen LogP contribution in [0.15, 0.2) is 0 Å². The van der Waals surface area contributed by atoms with E-state index in [2.05, 4.69) is 26.1 Å². The first-order valence-electron chi connectivity index (χ1n) is 6.70. The summed E-state index contributed by atoms with van der Waals surface area (Å²) < 4.78 is 0. The van der Waals surface area contributed by atoms with Gasteiger partial charge in [0.25, 0.3) is 0 Å². The van der Waals surface area contributed by atoms with Gasteiger partial charge in [-0.15, -0.1) is 0 Å². The van der Waals surface area contributed by atoms with E-state index in [4.69, 9.17) is 0 Å². The van der Waals surface area contributed by atoms with Gasteiger partial charge >= 0.3 is 0 Å². The lowest BCUT2D eigenvalue weighted by molar-refractivity contribution is -0.129. The van der Waals surface area contributed by atoms with Crippen LogP contribution in [0.2, 0.25) is 0 Å². The lowest BCUT2D eigenvalue weighted by atomic mass is 10.2. The van der Waals surface area contributed by atoms with E-state index in [1.165, 1.54) is 19.3 Å². The number of hydrogen-bond donors (Lipinski definition) is 1. The molecule has 1 aliphatic rings. The second-order valence-corrected chi connectivity index (χ2v) is 5.05. The highest BCUT2D eigenvalue weighted by Crippen LogP contribution is 2.13. The normalized spacial score (nSPS) is 21.1. The van der Waals surface area contributed by atoms with Crippen LogP contribution >= 0.6 is 0 Å². The molecule has 1 aliphatic heterocycles. The first-order valence-corrected chi connectivity index (χ1v) is 6.70. The summed E-state index contributed by atoms with van der Waals surface area (Å²) in [5.41, 5.74) is 0. The third kappa shape index (κ3) is 4.12. The number of rotatable bonds is 7. The van der Waals surface area contributed by atoms with Crippen molar-refractivity contribution in [3.05, 3.63) is 0 Å². The molecule has 1 unspecified atom stereocenters. The van der Waals surface area contributed by atoms with Crippen LogP contribution in [-0.2, 0) is 4.79 Å². The minimum absolute atomic E-state index is 0.0752. The van der Waals surface area contributed by atoms with Gasteiger partial charge in [-0.3, -0.25) is 4.79 Å². The summed E-state index contributed by atoms with van der Waals surface area (Å²) in [6, 6.07) is 0.472. The fourth-order valence-corrected chi connectivity index (χ4v) is 2.25. The number of carbonyl (C=O) groups excluding carboxylic acids is 1. The fourth-order valence-electron chi connectivity index (χ4n) is 2.25. The van der Waals surface area contributed by atoms with Crippen LogP contribution in [0.5, 0.6) is 0 Å². The monoisotopic (exact) mass is 226 g/mol. The van der Waals surface area contributed by atoms with Crippen molar-refractivity contribution in [2.24, 2.45) is 0 Å². The van der Waals surface area contributed by atoms with Gasteiger partial charge in [-0.25, -0.2) is 0 Å². The Morgan fingerprint density at radius 1 is 1.38 bits per heavy atom. The molecule has 0 bridgehead atoms. The van der Waals surface area contributed by atoms with Crippen LogP contribution in [-0.4, -0.2) is 36.0 Å². The van der Waals surface area contributed by atoms with Crippen molar-refractivity contribution in [2.45, 2.75) is 65.0 Å². The van der Waals surface area contributed by atoms with Gasteiger partial charge in [0.05, 0.1) is 6.04 Å². The number of likely N-dealkylation sites (tertiary alicyclic amines) is 1. The van der Waals surface area contributed by atoms with Gasteiger partial charge in [-0.05, 0) is 12.8 Å². The SMILES string of the molecule is CCCCCCN1CCC(NC(C)C)C1=O. The smallest absolute Gasteiger partial charge is 0.239 e. The summed E-state index contributed by atoms with van der Waals surface area (Å²) in [4.78, 5) is 14.0. The molecule has 1 amide bonds. The molecule has 0 aromatic rings. The Balaban J connectivity index is 2.22. The van der Waals surface area contributed by atoms with Crippen molar-refractivity contribution in [1.82, 2.24) is 10.2 Å². The van der Waals surface area contributed by atoms with E-state index in [9.17, 15) is 4.79 Å². The van der Waals surface area contributed by atoms with Crippen LogP contribution in [0.3, 0.4) is 0 Å². The van der Waals surface area contributed by atoms with E-state index in [1.807, 2.05) is 4.90 Å². The maximum atomic E-state index is 12.0. The molecule has 3 heteroatoms. The Hall–Kier alpha value is -0.570. The average molecular weight is 226 g/mol. The van der Waals surface area contributed by atoms with E-state index in [0.717, 1.165) is 25.9 Å². The van der Waals surface area contributed by atoms with Gasteiger partial charge in [0.1, 0.15) is 0 Å². The van der Waals surface area contributed by atoms with Gasteiger partial charge in [0.2, 0.25) is 5.91 Å². The van der Waals surface area contributed by atoms with E-state index >= 15 is 0 Å².